The molecule has 1 saturated carbocycles. The first-order valence-electron chi connectivity index (χ1n) is 6.81. The van der Waals surface area contributed by atoms with Gasteiger partial charge in [0.1, 0.15) is 0 Å². The summed E-state index contributed by atoms with van der Waals surface area (Å²) in [6, 6.07) is 8.07. The van der Waals surface area contributed by atoms with Crippen LogP contribution in [0.5, 0.6) is 0 Å². The van der Waals surface area contributed by atoms with Gasteiger partial charge in [-0.3, -0.25) is 10.1 Å². The van der Waals surface area contributed by atoms with Crippen molar-refractivity contribution in [3.05, 3.63) is 46.0 Å². The topological polar surface area (TPSA) is 83.7 Å². The molecule has 1 aromatic rings. The molecule has 0 heterocycles. The van der Waals surface area contributed by atoms with Crippen molar-refractivity contribution in [2.24, 2.45) is 0 Å². The van der Waals surface area contributed by atoms with Gasteiger partial charge < -0.3 is 5.11 Å². The molecule has 1 fully saturated rings. The number of carbonyl (C=O) groups is 1. The maximum atomic E-state index is 11.5. The zero-order chi connectivity index (χ0) is 14.5. The van der Waals surface area contributed by atoms with Crippen molar-refractivity contribution < 1.29 is 14.8 Å². The standard InChI is InChI=1S/C14H18N2O4/c17-14(18)15(12-9-5-2-6-10-12)13(16(19)20)11-7-3-1-4-8-11/h1,3-4,7-8,12-13H,2,5-6,9-10H2,(H,17,18). The van der Waals surface area contributed by atoms with E-state index in [9.17, 15) is 20.0 Å². The zero-order valence-corrected chi connectivity index (χ0v) is 11.1. The van der Waals surface area contributed by atoms with Crippen LogP contribution in [0.15, 0.2) is 30.3 Å². The minimum Gasteiger partial charge on any atom is -0.465 e. The molecule has 0 bridgehead atoms. The summed E-state index contributed by atoms with van der Waals surface area (Å²) in [7, 11) is 0. The molecule has 0 saturated heterocycles. The molecule has 1 aliphatic rings. The third-order valence-corrected chi connectivity index (χ3v) is 3.75. The molecule has 108 valence electrons. The van der Waals surface area contributed by atoms with Crippen LogP contribution >= 0.6 is 0 Å². The normalized spacial score (nSPS) is 17.4. The van der Waals surface area contributed by atoms with E-state index in [0.29, 0.717) is 18.4 Å². The van der Waals surface area contributed by atoms with Crippen LogP contribution in [0.3, 0.4) is 0 Å². The van der Waals surface area contributed by atoms with Crippen molar-refractivity contribution in [3.63, 3.8) is 0 Å². The van der Waals surface area contributed by atoms with E-state index in [1.807, 2.05) is 0 Å². The lowest BCUT2D eigenvalue weighted by Crippen LogP contribution is -2.45. The summed E-state index contributed by atoms with van der Waals surface area (Å²) < 4.78 is 0. The van der Waals surface area contributed by atoms with Gasteiger partial charge in [0.15, 0.2) is 0 Å². The van der Waals surface area contributed by atoms with Crippen LogP contribution in [0.4, 0.5) is 4.79 Å². The largest absolute Gasteiger partial charge is 0.465 e. The number of rotatable bonds is 4. The van der Waals surface area contributed by atoms with Crippen LogP contribution in [0.1, 0.15) is 43.8 Å². The number of amides is 1. The molecule has 1 atom stereocenters. The van der Waals surface area contributed by atoms with Crippen LogP contribution in [0, 0.1) is 10.1 Å². The highest BCUT2D eigenvalue weighted by Crippen LogP contribution is 2.30. The number of nitro groups is 1. The van der Waals surface area contributed by atoms with Crippen LogP contribution < -0.4 is 0 Å². The monoisotopic (exact) mass is 278 g/mol. The van der Waals surface area contributed by atoms with Gasteiger partial charge in [0.2, 0.25) is 0 Å². The second kappa shape index (κ2) is 6.36. The molecule has 1 unspecified atom stereocenters. The summed E-state index contributed by atoms with van der Waals surface area (Å²) in [6.45, 7) is 0. The Morgan fingerprint density at radius 3 is 2.35 bits per heavy atom. The number of hydrogen-bond donors (Lipinski definition) is 1. The van der Waals surface area contributed by atoms with Gasteiger partial charge in [-0.2, -0.15) is 0 Å². The van der Waals surface area contributed by atoms with Gasteiger partial charge in [-0.05, 0) is 12.8 Å². The summed E-state index contributed by atoms with van der Waals surface area (Å²) in [6.07, 6.45) is 1.77. The average Bonchev–Trinajstić information content (AvgIpc) is 2.45. The fourth-order valence-corrected chi connectivity index (χ4v) is 2.83. The van der Waals surface area contributed by atoms with Crippen molar-refractivity contribution in [2.75, 3.05) is 0 Å². The van der Waals surface area contributed by atoms with Crippen LogP contribution in [0.2, 0.25) is 0 Å². The zero-order valence-electron chi connectivity index (χ0n) is 11.1. The van der Waals surface area contributed by atoms with E-state index in [0.717, 1.165) is 24.2 Å². The lowest BCUT2D eigenvalue weighted by Gasteiger charge is -2.33. The highest BCUT2D eigenvalue weighted by atomic mass is 16.6. The van der Waals surface area contributed by atoms with E-state index in [-0.39, 0.29) is 6.04 Å². The van der Waals surface area contributed by atoms with Crippen molar-refractivity contribution in [3.8, 4) is 0 Å². The Balaban J connectivity index is 2.33. The van der Waals surface area contributed by atoms with Crippen molar-refractivity contribution in [1.82, 2.24) is 4.90 Å². The van der Waals surface area contributed by atoms with E-state index < -0.39 is 17.2 Å². The summed E-state index contributed by atoms with van der Waals surface area (Å²) >= 11 is 0. The summed E-state index contributed by atoms with van der Waals surface area (Å²) in [5.74, 6) is 0. The third kappa shape index (κ3) is 3.07. The molecule has 0 radical (unpaired) electrons. The van der Waals surface area contributed by atoms with Gasteiger partial charge in [-0.1, -0.05) is 49.6 Å². The summed E-state index contributed by atoms with van der Waals surface area (Å²) in [5, 5.41) is 20.8. The average molecular weight is 278 g/mol. The first kappa shape index (κ1) is 14.3. The molecule has 0 aliphatic heterocycles. The number of carboxylic acid groups (broad SMARTS) is 1. The van der Waals surface area contributed by atoms with Gasteiger partial charge in [-0.25, -0.2) is 9.69 Å². The minimum absolute atomic E-state index is 0.267. The van der Waals surface area contributed by atoms with Gasteiger partial charge in [0.05, 0.1) is 4.92 Å². The molecule has 1 N–H and O–H groups in total. The molecular formula is C14H18N2O4. The maximum Gasteiger partial charge on any atom is 0.413 e. The Bertz CT molecular complexity index is 471. The first-order chi connectivity index (χ1) is 9.61. The number of nitrogens with zero attached hydrogens (tertiary/aromatic N) is 2. The maximum absolute atomic E-state index is 11.5. The summed E-state index contributed by atoms with van der Waals surface area (Å²) in [4.78, 5) is 23.4. The molecule has 1 aromatic carbocycles. The molecule has 20 heavy (non-hydrogen) atoms. The fraction of sp³-hybridized carbons (Fsp3) is 0.500. The Hall–Kier alpha value is -2.11. The van der Waals surface area contributed by atoms with Crippen molar-refractivity contribution >= 4 is 6.09 Å². The highest BCUT2D eigenvalue weighted by molar-refractivity contribution is 5.66. The smallest absolute Gasteiger partial charge is 0.413 e. The lowest BCUT2D eigenvalue weighted by atomic mass is 9.93. The van der Waals surface area contributed by atoms with Crippen molar-refractivity contribution in [1.29, 1.82) is 0 Å². The molecule has 1 aliphatic carbocycles. The third-order valence-electron chi connectivity index (χ3n) is 3.75. The van der Waals surface area contributed by atoms with E-state index in [2.05, 4.69) is 0 Å². The van der Waals surface area contributed by atoms with Crippen LogP contribution in [-0.4, -0.2) is 27.1 Å². The Morgan fingerprint density at radius 2 is 1.85 bits per heavy atom. The van der Waals surface area contributed by atoms with Crippen LogP contribution in [-0.2, 0) is 0 Å². The Labute approximate surface area is 117 Å². The number of hydrogen-bond acceptors (Lipinski definition) is 3. The van der Waals surface area contributed by atoms with Crippen LogP contribution in [0.25, 0.3) is 0 Å². The summed E-state index contributed by atoms with van der Waals surface area (Å²) in [5.41, 5.74) is 0.408. The molecule has 2 rings (SSSR count). The first-order valence-corrected chi connectivity index (χ1v) is 6.81. The molecule has 6 heteroatoms. The van der Waals surface area contributed by atoms with Crippen molar-refractivity contribution in [2.45, 2.75) is 44.3 Å². The number of benzene rings is 1. The molecular weight excluding hydrogens is 260 g/mol. The predicted octanol–water partition coefficient (Wildman–Crippen LogP) is 3.27. The highest BCUT2D eigenvalue weighted by Gasteiger charge is 2.39. The van der Waals surface area contributed by atoms with Gasteiger partial charge in [0.25, 0.3) is 0 Å². The van der Waals surface area contributed by atoms with Gasteiger partial charge in [0, 0.05) is 11.6 Å². The van der Waals surface area contributed by atoms with E-state index in [1.165, 1.54) is 0 Å². The Kier molecular flexibility index (Phi) is 4.55. The van der Waals surface area contributed by atoms with Gasteiger partial charge in [-0.15, -0.1) is 0 Å². The fourth-order valence-electron chi connectivity index (χ4n) is 2.83. The molecule has 0 aromatic heterocycles. The van der Waals surface area contributed by atoms with Gasteiger partial charge >= 0.3 is 12.3 Å². The molecule has 0 spiro atoms. The SMILES string of the molecule is O=C(O)N(C1CCCCC1)C(c1ccccc1)[N+](=O)[O-]. The lowest BCUT2D eigenvalue weighted by molar-refractivity contribution is -0.555. The quantitative estimate of drug-likeness (QED) is 0.520. The molecule has 1 amide bonds. The Morgan fingerprint density at radius 1 is 1.25 bits per heavy atom. The van der Waals surface area contributed by atoms with E-state index in [4.69, 9.17) is 0 Å². The predicted molar refractivity (Wildman–Crippen MR) is 72.9 cm³/mol. The molecule has 6 nitrogen and oxygen atoms in total. The van der Waals surface area contributed by atoms with E-state index >= 15 is 0 Å². The minimum atomic E-state index is -1.32. The van der Waals surface area contributed by atoms with E-state index in [1.54, 1.807) is 30.3 Å². The second-order valence-corrected chi connectivity index (χ2v) is 5.05. The second-order valence-electron chi connectivity index (χ2n) is 5.05.